The molecule has 0 bridgehead atoms. The molecule has 0 radical (unpaired) electrons. The predicted molar refractivity (Wildman–Crippen MR) is 121 cm³/mol. The van der Waals surface area contributed by atoms with E-state index in [2.05, 4.69) is 65.3 Å². The van der Waals surface area contributed by atoms with Crippen LogP contribution < -0.4 is 4.90 Å². The van der Waals surface area contributed by atoms with Crippen LogP contribution in [0.2, 0.25) is 0 Å². The number of aromatic nitrogens is 1. The van der Waals surface area contributed by atoms with Crippen LogP contribution in [-0.4, -0.2) is 37.1 Å². The molecule has 0 saturated carbocycles. The van der Waals surface area contributed by atoms with E-state index in [4.69, 9.17) is 4.74 Å². The van der Waals surface area contributed by atoms with Crippen molar-refractivity contribution in [3.63, 3.8) is 0 Å². The van der Waals surface area contributed by atoms with Crippen molar-refractivity contribution >= 4 is 11.5 Å². The number of morpholine rings is 1. The number of rotatable bonds is 7. The van der Waals surface area contributed by atoms with E-state index in [-0.39, 0.29) is 11.7 Å². The van der Waals surface area contributed by atoms with E-state index in [0.717, 1.165) is 43.2 Å². The van der Waals surface area contributed by atoms with Crippen molar-refractivity contribution in [1.82, 2.24) is 4.98 Å². The van der Waals surface area contributed by atoms with Crippen molar-refractivity contribution in [2.24, 2.45) is 0 Å². The lowest BCUT2D eigenvalue weighted by atomic mass is 9.96. The van der Waals surface area contributed by atoms with E-state index in [1.165, 1.54) is 11.1 Å². The summed E-state index contributed by atoms with van der Waals surface area (Å²) >= 11 is 0. The SMILES string of the molecule is C[C@@H](CC(=O)Cc1ccc(-c2ccccc2)cc1)c1ccc(N2CCOCC2)cn1. The summed E-state index contributed by atoms with van der Waals surface area (Å²) in [6.07, 6.45) is 2.89. The third-order valence-electron chi connectivity index (χ3n) is 5.65. The van der Waals surface area contributed by atoms with Crippen LogP contribution in [0.3, 0.4) is 0 Å². The van der Waals surface area contributed by atoms with Gasteiger partial charge in [0.15, 0.2) is 0 Å². The zero-order valence-corrected chi connectivity index (χ0v) is 17.5. The Morgan fingerprint density at radius 2 is 1.67 bits per heavy atom. The van der Waals surface area contributed by atoms with Crippen LogP contribution in [-0.2, 0) is 16.0 Å². The molecule has 1 aliphatic heterocycles. The number of Topliss-reactive ketones (excluding diaryl/α,β-unsaturated/α-hetero) is 1. The molecule has 4 heteroatoms. The number of nitrogens with zero attached hydrogens (tertiary/aromatic N) is 2. The molecule has 0 spiro atoms. The number of carbonyl (C=O) groups excluding carboxylic acids is 1. The number of hydrogen-bond donors (Lipinski definition) is 0. The van der Waals surface area contributed by atoms with Crippen molar-refractivity contribution < 1.29 is 9.53 Å². The Labute approximate surface area is 178 Å². The second-order valence-electron chi connectivity index (χ2n) is 7.92. The Hall–Kier alpha value is -2.98. The van der Waals surface area contributed by atoms with E-state index in [1.54, 1.807) is 0 Å². The minimum Gasteiger partial charge on any atom is -0.378 e. The quantitative estimate of drug-likeness (QED) is 0.566. The highest BCUT2D eigenvalue weighted by Crippen LogP contribution is 2.23. The molecule has 3 aromatic rings. The van der Waals surface area contributed by atoms with E-state index >= 15 is 0 Å². The summed E-state index contributed by atoms with van der Waals surface area (Å²) in [6.45, 7) is 5.40. The zero-order valence-electron chi connectivity index (χ0n) is 17.5. The van der Waals surface area contributed by atoms with Crippen LogP contribution in [0.25, 0.3) is 11.1 Å². The van der Waals surface area contributed by atoms with Gasteiger partial charge in [-0.15, -0.1) is 0 Å². The van der Waals surface area contributed by atoms with Gasteiger partial charge in [-0.25, -0.2) is 0 Å². The van der Waals surface area contributed by atoms with Crippen molar-refractivity contribution in [1.29, 1.82) is 0 Å². The normalized spacial score (nSPS) is 15.0. The largest absolute Gasteiger partial charge is 0.378 e. The Morgan fingerprint density at radius 1 is 0.967 bits per heavy atom. The molecule has 0 amide bonds. The minimum atomic E-state index is 0.111. The monoisotopic (exact) mass is 400 g/mol. The lowest BCUT2D eigenvalue weighted by Gasteiger charge is -2.28. The second-order valence-corrected chi connectivity index (χ2v) is 7.92. The fourth-order valence-corrected chi connectivity index (χ4v) is 3.89. The van der Waals surface area contributed by atoms with Crippen molar-refractivity contribution in [2.75, 3.05) is 31.2 Å². The van der Waals surface area contributed by atoms with Gasteiger partial charge in [-0.3, -0.25) is 9.78 Å². The Balaban J connectivity index is 1.32. The summed E-state index contributed by atoms with van der Waals surface area (Å²) in [5, 5.41) is 0. The van der Waals surface area contributed by atoms with Crippen LogP contribution in [0.5, 0.6) is 0 Å². The van der Waals surface area contributed by atoms with Gasteiger partial charge in [0.2, 0.25) is 0 Å². The van der Waals surface area contributed by atoms with E-state index in [9.17, 15) is 4.79 Å². The lowest BCUT2D eigenvalue weighted by molar-refractivity contribution is -0.118. The van der Waals surface area contributed by atoms with Crippen LogP contribution in [0.15, 0.2) is 72.9 Å². The van der Waals surface area contributed by atoms with Crippen molar-refractivity contribution in [2.45, 2.75) is 25.7 Å². The average Bonchev–Trinajstić information content (AvgIpc) is 2.81. The topological polar surface area (TPSA) is 42.4 Å². The number of ether oxygens (including phenoxy) is 1. The van der Waals surface area contributed by atoms with Gasteiger partial charge in [0, 0.05) is 37.5 Å². The van der Waals surface area contributed by atoms with Gasteiger partial charge >= 0.3 is 0 Å². The third kappa shape index (κ3) is 5.14. The van der Waals surface area contributed by atoms with E-state index < -0.39 is 0 Å². The number of carbonyl (C=O) groups is 1. The smallest absolute Gasteiger partial charge is 0.137 e. The molecule has 1 saturated heterocycles. The summed E-state index contributed by atoms with van der Waals surface area (Å²) < 4.78 is 5.41. The number of benzene rings is 2. The average molecular weight is 401 g/mol. The van der Waals surface area contributed by atoms with Gasteiger partial charge in [0.05, 0.1) is 25.1 Å². The molecule has 154 valence electrons. The van der Waals surface area contributed by atoms with Crippen LogP contribution in [0.4, 0.5) is 5.69 Å². The molecule has 1 aromatic heterocycles. The van der Waals surface area contributed by atoms with Gasteiger partial charge in [-0.1, -0.05) is 61.5 Å². The highest BCUT2D eigenvalue weighted by atomic mass is 16.5. The number of anilines is 1. The van der Waals surface area contributed by atoms with Crippen LogP contribution in [0, 0.1) is 0 Å². The fourth-order valence-electron chi connectivity index (χ4n) is 3.89. The molecule has 30 heavy (non-hydrogen) atoms. The number of pyridine rings is 1. The molecule has 4 rings (SSSR count). The molecule has 0 N–H and O–H groups in total. The van der Waals surface area contributed by atoms with Crippen molar-refractivity contribution in [3.8, 4) is 11.1 Å². The van der Waals surface area contributed by atoms with Gasteiger partial charge in [-0.2, -0.15) is 0 Å². The van der Waals surface area contributed by atoms with Crippen LogP contribution in [0.1, 0.15) is 30.5 Å². The first-order chi connectivity index (χ1) is 14.7. The highest BCUT2D eigenvalue weighted by Gasteiger charge is 2.15. The molecule has 2 heterocycles. The van der Waals surface area contributed by atoms with Gasteiger partial charge in [-0.05, 0) is 28.8 Å². The maximum Gasteiger partial charge on any atom is 0.137 e. The lowest BCUT2D eigenvalue weighted by Crippen LogP contribution is -2.36. The van der Waals surface area contributed by atoms with Crippen molar-refractivity contribution in [3.05, 3.63) is 84.2 Å². The predicted octanol–water partition coefficient (Wildman–Crippen LogP) is 4.89. The highest BCUT2D eigenvalue weighted by molar-refractivity contribution is 5.81. The Morgan fingerprint density at radius 3 is 2.33 bits per heavy atom. The van der Waals surface area contributed by atoms with Gasteiger partial charge in [0.1, 0.15) is 5.78 Å². The Kier molecular flexibility index (Phi) is 6.55. The maximum atomic E-state index is 12.6. The molecule has 1 aliphatic rings. The van der Waals surface area contributed by atoms with Gasteiger partial charge in [0.25, 0.3) is 0 Å². The maximum absolute atomic E-state index is 12.6. The second kappa shape index (κ2) is 9.68. The molecule has 0 aliphatic carbocycles. The first kappa shape index (κ1) is 20.3. The molecule has 1 atom stereocenters. The van der Waals surface area contributed by atoms with E-state index in [1.807, 2.05) is 24.4 Å². The molecule has 4 nitrogen and oxygen atoms in total. The first-order valence-corrected chi connectivity index (χ1v) is 10.6. The van der Waals surface area contributed by atoms with E-state index in [0.29, 0.717) is 12.8 Å². The fraction of sp³-hybridized carbons (Fsp3) is 0.308. The van der Waals surface area contributed by atoms with Crippen LogP contribution >= 0.6 is 0 Å². The first-order valence-electron chi connectivity index (χ1n) is 10.6. The molecule has 2 aromatic carbocycles. The zero-order chi connectivity index (χ0) is 20.8. The number of ketones is 1. The minimum absolute atomic E-state index is 0.111. The summed E-state index contributed by atoms with van der Waals surface area (Å²) in [5.74, 6) is 0.355. The Bertz CT molecular complexity index is 947. The molecule has 0 unspecified atom stereocenters. The summed E-state index contributed by atoms with van der Waals surface area (Å²) in [5.41, 5.74) is 5.52. The number of hydrogen-bond acceptors (Lipinski definition) is 4. The molecule has 1 fully saturated rings. The molecular formula is C26H28N2O2. The standard InChI is InChI=1S/C26H28N2O2/c1-20(26-12-11-24(19-27-26)28-13-15-30-16-14-28)17-25(29)18-21-7-9-23(10-8-21)22-5-3-2-4-6-22/h2-12,19-20H,13-18H2,1H3/t20-/m0/s1. The summed E-state index contributed by atoms with van der Waals surface area (Å²) in [6, 6.07) is 22.7. The summed E-state index contributed by atoms with van der Waals surface area (Å²) in [7, 11) is 0. The van der Waals surface area contributed by atoms with Gasteiger partial charge < -0.3 is 9.64 Å². The molecular weight excluding hydrogens is 372 g/mol. The summed E-state index contributed by atoms with van der Waals surface area (Å²) in [4.78, 5) is 19.5. The third-order valence-corrected chi connectivity index (χ3v) is 5.65.